The molecule has 1 N–H and O–H groups in total. The summed E-state index contributed by atoms with van der Waals surface area (Å²) in [4.78, 5) is 4.42. The van der Waals surface area contributed by atoms with Crippen LogP contribution in [-0.2, 0) is 11.2 Å². The van der Waals surface area contributed by atoms with E-state index >= 15 is 0 Å². The first-order valence-electron chi connectivity index (χ1n) is 5.59. The predicted octanol–water partition coefficient (Wildman–Crippen LogP) is 1.83. The monoisotopic (exact) mass is 225 g/mol. The van der Waals surface area contributed by atoms with Gasteiger partial charge in [0.1, 0.15) is 5.82 Å². The average Bonchev–Trinajstić information content (AvgIpc) is 2.92. The Morgan fingerprint density at radius 1 is 1.53 bits per heavy atom. The summed E-state index contributed by atoms with van der Waals surface area (Å²) in [6, 6.07) is 0.460. The number of nitrogens with one attached hydrogen (secondary N) is 1. The second kappa shape index (κ2) is 3.72. The van der Waals surface area contributed by atoms with E-state index in [1.165, 1.54) is 24.4 Å². The van der Waals surface area contributed by atoms with Gasteiger partial charge in [0.25, 0.3) is 0 Å². The number of ether oxygens (including phenoxy) is 1. The highest BCUT2D eigenvalue weighted by Crippen LogP contribution is 2.36. The quantitative estimate of drug-likeness (QED) is 0.852. The highest BCUT2D eigenvalue weighted by atomic mass is 32.1. The molecule has 2 aliphatic heterocycles. The van der Waals surface area contributed by atoms with Crippen molar-refractivity contribution < 1.29 is 4.74 Å². The largest absolute Gasteiger partial charge is 0.373 e. The molecule has 0 spiro atoms. The van der Waals surface area contributed by atoms with Crippen molar-refractivity contribution in [2.45, 2.75) is 50.9 Å². The van der Waals surface area contributed by atoms with E-state index in [9.17, 15) is 0 Å². The second-order valence-corrected chi connectivity index (χ2v) is 4.98. The number of hydrogen-bond donors (Lipinski definition) is 1. The lowest BCUT2D eigenvalue weighted by Gasteiger charge is -2.18. The minimum Gasteiger partial charge on any atom is -0.373 e. The van der Waals surface area contributed by atoms with Gasteiger partial charge < -0.3 is 10.1 Å². The molecule has 2 bridgehead atoms. The molecule has 0 radical (unpaired) electrons. The van der Waals surface area contributed by atoms with Gasteiger partial charge in [-0.25, -0.2) is 4.98 Å². The third-order valence-corrected chi connectivity index (χ3v) is 3.88. The van der Waals surface area contributed by atoms with Crippen molar-refractivity contribution in [1.29, 1.82) is 0 Å². The fourth-order valence-electron chi connectivity index (χ4n) is 2.40. The van der Waals surface area contributed by atoms with E-state index < -0.39 is 0 Å². The lowest BCUT2D eigenvalue weighted by atomic mass is 9.96. The summed E-state index contributed by atoms with van der Waals surface area (Å²) in [6.45, 7) is 2.08. The normalized spacial score (nSPS) is 33.5. The molecular formula is C10H15N3OS. The molecular weight excluding hydrogens is 210 g/mol. The molecule has 3 unspecified atom stereocenters. The summed E-state index contributed by atoms with van der Waals surface area (Å²) in [5.74, 6) is 0.937. The number of aromatic nitrogens is 2. The number of anilines is 1. The Morgan fingerprint density at radius 3 is 3.07 bits per heavy atom. The molecule has 2 saturated heterocycles. The molecule has 2 fully saturated rings. The Kier molecular flexibility index (Phi) is 2.36. The van der Waals surface area contributed by atoms with E-state index in [-0.39, 0.29) is 0 Å². The average molecular weight is 225 g/mol. The summed E-state index contributed by atoms with van der Waals surface area (Å²) in [7, 11) is 0. The van der Waals surface area contributed by atoms with Crippen molar-refractivity contribution in [1.82, 2.24) is 9.36 Å². The van der Waals surface area contributed by atoms with Gasteiger partial charge in [0, 0.05) is 18.0 Å². The summed E-state index contributed by atoms with van der Waals surface area (Å²) in [5, 5.41) is 4.40. The van der Waals surface area contributed by atoms with Crippen LogP contribution in [0.4, 0.5) is 5.13 Å². The van der Waals surface area contributed by atoms with Crippen LogP contribution in [0.5, 0.6) is 0 Å². The van der Waals surface area contributed by atoms with Gasteiger partial charge in [0.2, 0.25) is 5.13 Å². The van der Waals surface area contributed by atoms with Crippen molar-refractivity contribution in [3.8, 4) is 0 Å². The van der Waals surface area contributed by atoms with Gasteiger partial charge in [-0.15, -0.1) is 0 Å². The smallest absolute Gasteiger partial charge is 0.202 e. The number of rotatable bonds is 3. The van der Waals surface area contributed by atoms with Gasteiger partial charge in [-0.05, 0) is 19.3 Å². The highest BCUT2D eigenvalue weighted by molar-refractivity contribution is 7.09. The first kappa shape index (κ1) is 9.54. The molecule has 3 atom stereocenters. The number of nitrogens with zero attached hydrogens (tertiary/aromatic N) is 2. The number of fused-ring (bicyclic) bond motifs is 2. The van der Waals surface area contributed by atoms with E-state index in [0.29, 0.717) is 18.2 Å². The maximum absolute atomic E-state index is 5.78. The summed E-state index contributed by atoms with van der Waals surface area (Å²) >= 11 is 1.46. The number of hydrogen-bond acceptors (Lipinski definition) is 5. The molecule has 15 heavy (non-hydrogen) atoms. The van der Waals surface area contributed by atoms with E-state index in [1.807, 2.05) is 0 Å². The van der Waals surface area contributed by atoms with Gasteiger partial charge in [-0.3, -0.25) is 0 Å². The predicted molar refractivity (Wildman–Crippen MR) is 59.2 cm³/mol. The molecule has 1 aromatic rings. The molecule has 82 valence electrons. The summed E-state index contributed by atoms with van der Waals surface area (Å²) < 4.78 is 10.1. The van der Waals surface area contributed by atoms with Crippen LogP contribution in [0.15, 0.2) is 0 Å². The van der Waals surface area contributed by atoms with Gasteiger partial charge in [-0.1, -0.05) is 6.92 Å². The zero-order chi connectivity index (χ0) is 10.3. The highest BCUT2D eigenvalue weighted by Gasteiger charge is 2.40. The molecule has 0 saturated carbocycles. The van der Waals surface area contributed by atoms with Gasteiger partial charge >= 0.3 is 0 Å². The van der Waals surface area contributed by atoms with E-state index in [1.54, 1.807) is 0 Å². The Morgan fingerprint density at radius 2 is 2.47 bits per heavy atom. The van der Waals surface area contributed by atoms with Crippen molar-refractivity contribution in [2.24, 2.45) is 0 Å². The van der Waals surface area contributed by atoms with E-state index in [0.717, 1.165) is 23.8 Å². The molecule has 5 heteroatoms. The molecule has 0 aliphatic carbocycles. The van der Waals surface area contributed by atoms with E-state index in [4.69, 9.17) is 4.74 Å². The molecule has 3 heterocycles. The number of aryl methyl sites for hydroxylation is 1. The Hall–Kier alpha value is -0.680. The van der Waals surface area contributed by atoms with Gasteiger partial charge in [0.05, 0.1) is 18.2 Å². The van der Waals surface area contributed by atoms with Crippen molar-refractivity contribution in [3.05, 3.63) is 5.82 Å². The van der Waals surface area contributed by atoms with Gasteiger partial charge in [-0.2, -0.15) is 4.37 Å². The molecule has 0 aromatic carbocycles. The first-order valence-corrected chi connectivity index (χ1v) is 6.37. The topological polar surface area (TPSA) is 47.0 Å². The third-order valence-electron chi connectivity index (χ3n) is 3.20. The van der Waals surface area contributed by atoms with Crippen LogP contribution in [0.1, 0.15) is 32.0 Å². The van der Waals surface area contributed by atoms with Crippen LogP contribution < -0.4 is 5.32 Å². The van der Waals surface area contributed by atoms with Gasteiger partial charge in [0.15, 0.2) is 0 Å². The Balaban J connectivity index is 1.65. The van der Waals surface area contributed by atoms with Crippen LogP contribution in [0.2, 0.25) is 0 Å². The standard InChI is InChI=1S/C10H15N3OS/c1-2-9-12-10(15-13-9)11-7-5-6-3-4-8(7)14-6/h6-8H,2-5H2,1H3,(H,11,12,13). The van der Waals surface area contributed by atoms with Crippen LogP contribution in [0, 0.1) is 0 Å². The summed E-state index contributed by atoms with van der Waals surface area (Å²) in [5.41, 5.74) is 0. The lowest BCUT2D eigenvalue weighted by Crippen LogP contribution is -2.30. The van der Waals surface area contributed by atoms with Crippen LogP contribution in [-0.4, -0.2) is 27.6 Å². The fourth-order valence-corrected chi connectivity index (χ4v) is 3.12. The van der Waals surface area contributed by atoms with Crippen LogP contribution in [0.25, 0.3) is 0 Å². The lowest BCUT2D eigenvalue weighted by molar-refractivity contribution is 0.102. The Labute approximate surface area is 93.2 Å². The maximum Gasteiger partial charge on any atom is 0.202 e. The zero-order valence-corrected chi connectivity index (χ0v) is 9.59. The van der Waals surface area contributed by atoms with Crippen molar-refractivity contribution in [3.63, 3.8) is 0 Å². The zero-order valence-electron chi connectivity index (χ0n) is 8.77. The van der Waals surface area contributed by atoms with Crippen molar-refractivity contribution >= 4 is 16.7 Å². The second-order valence-electron chi connectivity index (χ2n) is 4.23. The molecule has 1 aromatic heterocycles. The fraction of sp³-hybridized carbons (Fsp3) is 0.800. The maximum atomic E-state index is 5.78. The molecule has 0 amide bonds. The summed E-state index contributed by atoms with van der Waals surface area (Å²) in [6.07, 6.45) is 5.37. The van der Waals surface area contributed by atoms with Crippen LogP contribution >= 0.6 is 11.5 Å². The molecule has 4 nitrogen and oxygen atoms in total. The Bertz CT molecular complexity index is 354. The van der Waals surface area contributed by atoms with E-state index in [2.05, 4.69) is 21.6 Å². The SMILES string of the molecule is CCc1nsc(NC2CC3CCC2O3)n1. The molecule has 3 rings (SSSR count). The third kappa shape index (κ3) is 1.74. The molecule has 2 aliphatic rings. The first-order chi connectivity index (χ1) is 7.35. The minimum atomic E-state index is 0.406. The van der Waals surface area contributed by atoms with Crippen molar-refractivity contribution in [2.75, 3.05) is 5.32 Å². The minimum absolute atomic E-state index is 0.406. The van der Waals surface area contributed by atoms with Crippen LogP contribution in [0.3, 0.4) is 0 Å².